The number of thiophene rings is 2. The summed E-state index contributed by atoms with van der Waals surface area (Å²) in [6.45, 7) is 0.573. The van der Waals surface area contributed by atoms with Crippen molar-refractivity contribution < 1.29 is 4.79 Å². The molecule has 84 valence electrons. The summed E-state index contributed by atoms with van der Waals surface area (Å²) in [6, 6.07) is 3.88. The van der Waals surface area contributed by atoms with Crippen LogP contribution in [0, 0.1) is 2.88 Å². The van der Waals surface area contributed by atoms with Crippen molar-refractivity contribution in [3.8, 4) is 0 Å². The van der Waals surface area contributed by atoms with Crippen molar-refractivity contribution in [1.82, 2.24) is 5.32 Å². The Morgan fingerprint density at radius 2 is 2.31 bits per heavy atom. The van der Waals surface area contributed by atoms with Gasteiger partial charge in [0, 0.05) is 14.7 Å². The number of amides is 1. The Bertz CT molecular complexity index is 508. The van der Waals surface area contributed by atoms with E-state index in [1.807, 2.05) is 22.9 Å². The number of halogens is 2. The second-order valence-corrected chi connectivity index (χ2v) is 7.67. The first-order valence-corrected chi connectivity index (χ1v) is 8.04. The summed E-state index contributed by atoms with van der Waals surface area (Å²) < 4.78 is 2.18. The van der Waals surface area contributed by atoms with Gasteiger partial charge in [-0.1, -0.05) is 0 Å². The van der Waals surface area contributed by atoms with Crippen molar-refractivity contribution in [2.75, 3.05) is 0 Å². The molecule has 0 bridgehead atoms. The molecule has 2 aromatic rings. The molecule has 16 heavy (non-hydrogen) atoms. The van der Waals surface area contributed by atoms with E-state index in [0.29, 0.717) is 6.54 Å². The van der Waals surface area contributed by atoms with E-state index in [2.05, 4.69) is 43.8 Å². The molecule has 0 saturated heterocycles. The van der Waals surface area contributed by atoms with Crippen LogP contribution in [0.2, 0.25) is 0 Å². The fraction of sp³-hybridized carbons (Fsp3) is 0.100. The highest BCUT2D eigenvalue weighted by molar-refractivity contribution is 14.1. The minimum atomic E-state index is -0.0144. The Balaban J connectivity index is 1.96. The molecule has 0 radical (unpaired) electrons. The number of hydrogen-bond donors (Lipinski definition) is 1. The van der Waals surface area contributed by atoms with E-state index in [4.69, 9.17) is 0 Å². The number of carbonyl (C=O) groups is 1. The first kappa shape index (κ1) is 12.5. The van der Waals surface area contributed by atoms with Crippen LogP contribution >= 0.6 is 61.2 Å². The molecule has 0 aromatic carbocycles. The summed E-state index contributed by atoms with van der Waals surface area (Å²) in [4.78, 5) is 12.9. The van der Waals surface area contributed by atoms with Gasteiger partial charge in [-0.3, -0.25) is 4.79 Å². The minimum Gasteiger partial charge on any atom is -0.347 e. The van der Waals surface area contributed by atoms with Crippen molar-refractivity contribution in [3.63, 3.8) is 0 Å². The first-order chi connectivity index (χ1) is 7.66. The van der Waals surface area contributed by atoms with Gasteiger partial charge in [0.05, 0.1) is 15.0 Å². The monoisotopic (exact) mass is 427 g/mol. The number of nitrogens with one attached hydrogen (secondary N) is 1. The van der Waals surface area contributed by atoms with E-state index < -0.39 is 0 Å². The maximum absolute atomic E-state index is 11.7. The van der Waals surface area contributed by atoms with Crippen LogP contribution in [0.3, 0.4) is 0 Å². The molecule has 0 atom stereocenters. The molecule has 2 nitrogen and oxygen atoms in total. The van der Waals surface area contributed by atoms with Gasteiger partial charge in [-0.05, 0) is 56.0 Å². The summed E-state index contributed by atoms with van der Waals surface area (Å²) in [5.41, 5.74) is 0.738. The van der Waals surface area contributed by atoms with E-state index in [1.54, 1.807) is 22.7 Å². The zero-order valence-corrected chi connectivity index (χ0v) is 13.4. The largest absolute Gasteiger partial charge is 0.347 e. The Labute approximate surface area is 123 Å². The Hall–Kier alpha value is 0.0800. The van der Waals surface area contributed by atoms with Gasteiger partial charge in [0.15, 0.2) is 0 Å². The highest BCUT2D eigenvalue weighted by Gasteiger charge is 2.08. The molecular weight excluding hydrogens is 421 g/mol. The van der Waals surface area contributed by atoms with Crippen molar-refractivity contribution in [2.24, 2.45) is 0 Å². The molecule has 2 aromatic heterocycles. The van der Waals surface area contributed by atoms with Crippen molar-refractivity contribution >= 4 is 67.1 Å². The van der Waals surface area contributed by atoms with Crippen LogP contribution in [0.4, 0.5) is 0 Å². The standard InChI is InChI=1S/C10H7BrINOS2/c11-7-1-2-15-8(7)4-13-10(14)6-3-9(12)16-5-6/h1-3,5H,4H2,(H,13,14). The van der Waals surface area contributed by atoms with Crippen molar-refractivity contribution in [2.45, 2.75) is 6.54 Å². The molecule has 1 N–H and O–H groups in total. The van der Waals surface area contributed by atoms with Crippen LogP contribution < -0.4 is 5.32 Å². The lowest BCUT2D eigenvalue weighted by Gasteiger charge is -2.01. The zero-order chi connectivity index (χ0) is 11.5. The van der Waals surface area contributed by atoms with Gasteiger partial charge >= 0.3 is 0 Å². The summed E-state index contributed by atoms with van der Waals surface area (Å²) in [5, 5.41) is 6.78. The topological polar surface area (TPSA) is 29.1 Å². The highest BCUT2D eigenvalue weighted by atomic mass is 127. The maximum Gasteiger partial charge on any atom is 0.252 e. The smallest absolute Gasteiger partial charge is 0.252 e. The molecular formula is C10H7BrINOS2. The zero-order valence-electron chi connectivity index (χ0n) is 8.00. The molecule has 1 amide bonds. The summed E-state index contributed by atoms with van der Waals surface area (Å²) in [6.07, 6.45) is 0. The van der Waals surface area contributed by atoms with E-state index >= 15 is 0 Å². The number of rotatable bonds is 3. The summed E-state index contributed by atoms with van der Waals surface area (Å²) in [5.74, 6) is -0.0144. The van der Waals surface area contributed by atoms with Crippen LogP contribution in [0.15, 0.2) is 27.4 Å². The lowest BCUT2D eigenvalue weighted by Crippen LogP contribution is -2.21. The lowest BCUT2D eigenvalue weighted by molar-refractivity contribution is 0.0951. The van der Waals surface area contributed by atoms with E-state index in [0.717, 1.165) is 17.8 Å². The quantitative estimate of drug-likeness (QED) is 0.734. The van der Waals surface area contributed by atoms with Gasteiger partial charge in [-0.2, -0.15) is 0 Å². The second kappa shape index (κ2) is 5.61. The van der Waals surface area contributed by atoms with Crippen LogP contribution in [-0.2, 0) is 6.54 Å². The third-order valence-corrected chi connectivity index (χ3v) is 5.65. The molecule has 2 heterocycles. The average molecular weight is 428 g/mol. The Kier molecular flexibility index (Phi) is 4.40. The molecule has 0 saturated carbocycles. The molecule has 2 rings (SSSR count). The number of carbonyl (C=O) groups excluding carboxylic acids is 1. The molecule has 0 aliphatic rings. The van der Waals surface area contributed by atoms with Gasteiger partial charge in [-0.15, -0.1) is 22.7 Å². The fourth-order valence-corrected chi connectivity index (χ4v) is 3.90. The molecule has 6 heteroatoms. The fourth-order valence-electron chi connectivity index (χ4n) is 1.14. The van der Waals surface area contributed by atoms with Gasteiger partial charge in [0.25, 0.3) is 5.91 Å². The molecule has 0 aliphatic carbocycles. The normalized spacial score (nSPS) is 10.4. The average Bonchev–Trinajstić information content (AvgIpc) is 2.84. The van der Waals surface area contributed by atoms with Crippen molar-refractivity contribution in [3.05, 3.63) is 40.7 Å². The van der Waals surface area contributed by atoms with Gasteiger partial charge in [0.1, 0.15) is 0 Å². The Morgan fingerprint density at radius 3 is 2.88 bits per heavy atom. The van der Waals surface area contributed by atoms with Crippen LogP contribution in [0.25, 0.3) is 0 Å². The van der Waals surface area contributed by atoms with E-state index in [1.165, 1.54) is 0 Å². The second-order valence-electron chi connectivity index (χ2n) is 3.01. The van der Waals surface area contributed by atoms with E-state index in [-0.39, 0.29) is 5.91 Å². The van der Waals surface area contributed by atoms with Gasteiger partial charge in [-0.25, -0.2) is 0 Å². The predicted molar refractivity (Wildman–Crippen MR) is 80.2 cm³/mol. The SMILES string of the molecule is O=C(NCc1sccc1Br)c1csc(I)c1. The molecule has 0 spiro atoms. The van der Waals surface area contributed by atoms with Crippen LogP contribution in [0.1, 0.15) is 15.2 Å². The molecule has 0 aliphatic heterocycles. The highest BCUT2D eigenvalue weighted by Crippen LogP contribution is 2.22. The first-order valence-electron chi connectivity index (χ1n) is 4.41. The predicted octanol–water partition coefficient (Wildman–Crippen LogP) is 4.11. The Morgan fingerprint density at radius 1 is 1.50 bits per heavy atom. The lowest BCUT2D eigenvalue weighted by atomic mass is 10.3. The molecule has 0 unspecified atom stereocenters. The third-order valence-electron chi connectivity index (χ3n) is 1.93. The summed E-state index contributed by atoms with van der Waals surface area (Å²) in [7, 11) is 0. The van der Waals surface area contributed by atoms with Gasteiger partial charge < -0.3 is 5.32 Å². The minimum absolute atomic E-state index is 0.0144. The molecule has 0 fully saturated rings. The van der Waals surface area contributed by atoms with Crippen molar-refractivity contribution in [1.29, 1.82) is 0 Å². The summed E-state index contributed by atoms with van der Waals surface area (Å²) >= 11 is 8.86. The maximum atomic E-state index is 11.7. The van der Waals surface area contributed by atoms with E-state index in [9.17, 15) is 4.79 Å². The van der Waals surface area contributed by atoms with Crippen LogP contribution in [0.5, 0.6) is 0 Å². The third kappa shape index (κ3) is 3.06. The van der Waals surface area contributed by atoms with Crippen LogP contribution in [-0.4, -0.2) is 5.91 Å². The number of hydrogen-bond acceptors (Lipinski definition) is 3. The van der Waals surface area contributed by atoms with Gasteiger partial charge in [0.2, 0.25) is 0 Å².